The van der Waals surface area contributed by atoms with Crippen molar-refractivity contribution in [2.45, 2.75) is 63.1 Å². The Bertz CT molecular complexity index is 1460. The number of carbonyl (C=O) groups is 2. The van der Waals surface area contributed by atoms with E-state index in [-0.39, 0.29) is 29.1 Å². The van der Waals surface area contributed by atoms with E-state index >= 15 is 0 Å². The smallest absolute Gasteiger partial charge is 0.264 e. The van der Waals surface area contributed by atoms with Crippen LogP contribution in [0.3, 0.4) is 0 Å². The Hall–Kier alpha value is -3.56. The Balaban J connectivity index is 1.68. The van der Waals surface area contributed by atoms with Crippen molar-refractivity contribution >= 4 is 39.1 Å². The van der Waals surface area contributed by atoms with Gasteiger partial charge in [-0.3, -0.25) is 13.9 Å². The van der Waals surface area contributed by atoms with Gasteiger partial charge in [-0.25, -0.2) is 8.42 Å². The van der Waals surface area contributed by atoms with Crippen molar-refractivity contribution in [3.05, 3.63) is 88.9 Å². The summed E-state index contributed by atoms with van der Waals surface area (Å²) < 4.78 is 34.1. The van der Waals surface area contributed by atoms with E-state index in [4.69, 9.17) is 16.3 Å². The molecule has 1 fully saturated rings. The van der Waals surface area contributed by atoms with Crippen molar-refractivity contribution in [3.63, 3.8) is 0 Å². The Morgan fingerprint density at radius 2 is 1.68 bits per heavy atom. The zero-order valence-corrected chi connectivity index (χ0v) is 25.1. The van der Waals surface area contributed by atoms with Crippen molar-refractivity contribution in [3.8, 4) is 5.75 Å². The molecule has 0 aliphatic heterocycles. The summed E-state index contributed by atoms with van der Waals surface area (Å²) in [5, 5.41) is 3.40. The molecule has 1 aliphatic carbocycles. The molecule has 1 unspecified atom stereocenters. The molecule has 1 N–H and O–H groups in total. The number of hydrogen-bond donors (Lipinski definition) is 1. The van der Waals surface area contributed by atoms with Gasteiger partial charge < -0.3 is 15.0 Å². The Labute approximate surface area is 247 Å². The van der Waals surface area contributed by atoms with E-state index in [0.717, 1.165) is 41.1 Å². The Kier molecular flexibility index (Phi) is 9.94. The lowest BCUT2D eigenvalue weighted by atomic mass is 10.1. The molecule has 0 bridgehead atoms. The van der Waals surface area contributed by atoms with E-state index in [1.165, 1.54) is 23.1 Å². The molecule has 218 valence electrons. The number of rotatable bonds is 11. The number of ether oxygens (including phenoxy) is 1. The van der Waals surface area contributed by atoms with Gasteiger partial charge in [0.25, 0.3) is 10.0 Å². The molecule has 1 aliphatic rings. The van der Waals surface area contributed by atoms with E-state index in [2.05, 4.69) is 5.32 Å². The third kappa shape index (κ3) is 7.59. The predicted molar refractivity (Wildman–Crippen MR) is 161 cm³/mol. The first kappa shape index (κ1) is 30.4. The number of halogens is 1. The van der Waals surface area contributed by atoms with Crippen LogP contribution in [0.25, 0.3) is 0 Å². The van der Waals surface area contributed by atoms with Crippen LogP contribution in [0.2, 0.25) is 5.02 Å². The Morgan fingerprint density at radius 3 is 2.29 bits per heavy atom. The average molecular weight is 598 g/mol. The lowest BCUT2D eigenvalue weighted by molar-refractivity contribution is -0.139. The zero-order valence-electron chi connectivity index (χ0n) is 23.5. The summed E-state index contributed by atoms with van der Waals surface area (Å²) in [7, 11) is -2.58. The highest BCUT2D eigenvalue weighted by molar-refractivity contribution is 7.92. The molecule has 1 atom stereocenters. The van der Waals surface area contributed by atoms with Crippen molar-refractivity contribution in [1.29, 1.82) is 0 Å². The maximum atomic E-state index is 14.0. The number of carbonyl (C=O) groups excluding carboxylic acids is 2. The Morgan fingerprint density at radius 1 is 1.02 bits per heavy atom. The lowest BCUT2D eigenvalue weighted by Gasteiger charge is -2.32. The largest absolute Gasteiger partial charge is 0.497 e. The number of sulfonamides is 1. The molecule has 0 spiro atoms. The van der Waals surface area contributed by atoms with Crippen LogP contribution in [-0.4, -0.2) is 50.9 Å². The summed E-state index contributed by atoms with van der Waals surface area (Å²) in [5.41, 5.74) is 1.93. The second-order valence-electron chi connectivity index (χ2n) is 10.3. The van der Waals surface area contributed by atoms with Gasteiger partial charge in [0.2, 0.25) is 11.8 Å². The normalized spacial score (nSPS) is 14.3. The van der Waals surface area contributed by atoms with Crippen molar-refractivity contribution in [2.24, 2.45) is 0 Å². The van der Waals surface area contributed by atoms with Gasteiger partial charge in [-0.15, -0.1) is 0 Å². The van der Waals surface area contributed by atoms with Crippen LogP contribution in [0, 0.1) is 6.92 Å². The minimum atomic E-state index is -4.15. The van der Waals surface area contributed by atoms with E-state index in [1.807, 2.05) is 19.1 Å². The number of benzene rings is 3. The number of amides is 2. The van der Waals surface area contributed by atoms with Crippen LogP contribution >= 0.6 is 11.6 Å². The maximum absolute atomic E-state index is 14.0. The molecule has 0 saturated heterocycles. The zero-order chi connectivity index (χ0) is 29.6. The van der Waals surface area contributed by atoms with Crippen LogP contribution in [0.5, 0.6) is 5.75 Å². The molecular weight excluding hydrogens is 562 g/mol. The molecular formula is C31H36ClN3O5S. The van der Waals surface area contributed by atoms with Gasteiger partial charge in [0.1, 0.15) is 18.3 Å². The van der Waals surface area contributed by atoms with Crippen LogP contribution in [0.4, 0.5) is 5.69 Å². The van der Waals surface area contributed by atoms with Crippen molar-refractivity contribution in [1.82, 2.24) is 10.2 Å². The summed E-state index contributed by atoms with van der Waals surface area (Å²) in [4.78, 5) is 28.8. The summed E-state index contributed by atoms with van der Waals surface area (Å²) in [5.74, 6) is -0.130. The van der Waals surface area contributed by atoms with E-state index in [9.17, 15) is 18.0 Å². The molecule has 8 nitrogen and oxygen atoms in total. The molecule has 0 radical (unpaired) electrons. The second kappa shape index (κ2) is 13.4. The third-order valence-electron chi connectivity index (χ3n) is 7.36. The monoisotopic (exact) mass is 597 g/mol. The first-order valence-electron chi connectivity index (χ1n) is 13.7. The van der Waals surface area contributed by atoms with Gasteiger partial charge in [0, 0.05) is 17.6 Å². The molecule has 3 aromatic carbocycles. The number of anilines is 1. The van der Waals surface area contributed by atoms with Gasteiger partial charge >= 0.3 is 0 Å². The highest BCUT2D eigenvalue weighted by Gasteiger charge is 2.33. The minimum absolute atomic E-state index is 0.0459. The molecule has 1 saturated carbocycles. The van der Waals surface area contributed by atoms with Gasteiger partial charge in [0.15, 0.2) is 0 Å². The van der Waals surface area contributed by atoms with E-state index < -0.39 is 28.5 Å². The van der Waals surface area contributed by atoms with Crippen LogP contribution < -0.4 is 14.4 Å². The van der Waals surface area contributed by atoms with Gasteiger partial charge in [0.05, 0.1) is 17.7 Å². The SMILES string of the molecule is COc1ccc(CN(C(=O)CN(c2cccc(Cl)c2)S(=O)(=O)c2ccc(C)cc2)C(C)C(=O)NC2CCCC2)cc1. The summed E-state index contributed by atoms with van der Waals surface area (Å²) >= 11 is 6.23. The van der Waals surface area contributed by atoms with Crippen LogP contribution in [-0.2, 0) is 26.2 Å². The topological polar surface area (TPSA) is 96.0 Å². The fraction of sp³-hybridized carbons (Fsp3) is 0.355. The van der Waals surface area contributed by atoms with Crippen LogP contribution in [0.1, 0.15) is 43.7 Å². The van der Waals surface area contributed by atoms with Crippen molar-refractivity contribution in [2.75, 3.05) is 18.0 Å². The number of nitrogens with zero attached hydrogens (tertiary/aromatic N) is 2. The average Bonchev–Trinajstić information content (AvgIpc) is 3.47. The maximum Gasteiger partial charge on any atom is 0.264 e. The van der Waals surface area contributed by atoms with Gasteiger partial charge in [-0.1, -0.05) is 60.3 Å². The van der Waals surface area contributed by atoms with E-state index in [1.54, 1.807) is 56.5 Å². The number of hydrogen-bond acceptors (Lipinski definition) is 5. The van der Waals surface area contributed by atoms with Crippen LogP contribution in [0.15, 0.2) is 77.7 Å². The number of nitrogens with one attached hydrogen (secondary N) is 1. The molecule has 3 aromatic rings. The number of methoxy groups -OCH3 is 1. The van der Waals surface area contributed by atoms with E-state index in [0.29, 0.717) is 10.8 Å². The predicted octanol–water partition coefficient (Wildman–Crippen LogP) is 5.33. The molecule has 2 amide bonds. The quantitative estimate of drug-likeness (QED) is 0.322. The van der Waals surface area contributed by atoms with Gasteiger partial charge in [-0.05, 0) is 74.7 Å². The fourth-order valence-electron chi connectivity index (χ4n) is 4.90. The highest BCUT2D eigenvalue weighted by atomic mass is 35.5. The standard InChI is InChI=1S/C31H36ClN3O5S/c1-22-11-17-29(18-12-22)41(38,39)35(27-10-6-7-25(32)19-27)21-30(36)34(20-24-13-15-28(40-3)16-14-24)23(2)31(37)33-26-8-4-5-9-26/h6-7,10-19,23,26H,4-5,8-9,20-21H2,1-3H3,(H,33,37). The first-order valence-corrected chi connectivity index (χ1v) is 15.5. The highest BCUT2D eigenvalue weighted by Crippen LogP contribution is 2.27. The van der Waals surface area contributed by atoms with Crippen molar-refractivity contribution < 1.29 is 22.7 Å². The molecule has 0 aromatic heterocycles. The van der Waals surface area contributed by atoms with Gasteiger partial charge in [-0.2, -0.15) is 0 Å². The third-order valence-corrected chi connectivity index (χ3v) is 9.39. The lowest BCUT2D eigenvalue weighted by Crippen LogP contribution is -2.52. The fourth-order valence-corrected chi connectivity index (χ4v) is 6.49. The second-order valence-corrected chi connectivity index (χ2v) is 12.6. The molecule has 10 heteroatoms. The summed E-state index contributed by atoms with van der Waals surface area (Å²) in [6, 6.07) is 19.2. The molecule has 41 heavy (non-hydrogen) atoms. The molecule has 4 rings (SSSR count). The first-order chi connectivity index (χ1) is 19.6. The summed E-state index contributed by atoms with van der Waals surface area (Å²) in [6.45, 7) is 3.12. The number of aryl methyl sites for hydroxylation is 1. The molecule has 0 heterocycles. The minimum Gasteiger partial charge on any atom is -0.497 e. The summed E-state index contributed by atoms with van der Waals surface area (Å²) in [6.07, 6.45) is 3.92.